The molecule has 0 saturated carbocycles. The van der Waals surface area contributed by atoms with Crippen LogP contribution in [0.1, 0.15) is 28.4 Å². The molecule has 0 radical (unpaired) electrons. The van der Waals surface area contributed by atoms with Gasteiger partial charge >= 0.3 is 0 Å². The maximum Gasteiger partial charge on any atom is 0.256 e. The summed E-state index contributed by atoms with van der Waals surface area (Å²) in [6.45, 7) is 2.18. The van der Waals surface area contributed by atoms with Crippen molar-refractivity contribution >= 4 is 22.6 Å². The second-order valence-electron chi connectivity index (χ2n) is 6.66. The fraction of sp³-hybridized carbons (Fsp3) is 0.130. The van der Waals surface area contributed by atoms with E-state index in [9.17, 15) is 9.18 Å². The molecule has 4 rings (SSSR count). The fourth-order valence-electron chi connectivity index (χ4n) is 3.03. The van der Waals surface area contributed by atoms with Crippen LogP contribution in [-0.2, 0) is 13.0 Å². The van der Waals surface area contributed by atoms with Crippen LogP contribution >= 0.6 is 0 Å². The van der Waals surface area contributed by atoms with Crippen molar-refractivity contribution in [2.45, 2.75) is 20.0 Å². The number of rotatable bonds is 6. The number of ether oxygens (including phenoxy) is 1. The average Bonchev–Trinajstić information content (AvgIpc) is 3.15. The van der Waals surface area contributed by atoms with Crippen LogP contribution in [0.4, 0.5) is 10.2 Å². The van der Waals surface area contributed by atoms with Gasteiger partial charge in [0.25, 0.3) is 5.91 Å². The standard InChI is InChI=1S/C23H20FN3O2/c1-2-15-7-9-16(10-8-15)23(28)25-22-19-13-18(11-12-21(19)26-27-22)29-14-17-5-3-4-6-20(17)24/h3-13H,2,14H2,1H3,(H2,25,26,27,28). The van der Waals surface area contributed by atoms with E-state index in [4.69, 9.17) is 4.74 Å². The van der Waals surface area contributed by atoms with Gasteiger partial charge < -0.3 is 10.1 Å². The highest BCUT2D eigenvalue weighted by Crippen LogP contribution is 2.26. The minimum atomic E-state index is -0.307. The summed E-state index contributed by atoms with van der Waals surface area (Å²) in [4.78, 5) is 12.6. The van der Waals surface area contributed by atoms with Gasteiger partial charge in [0.2, 0.25) is 0 Å². The van der Waals surface area contributed by atoms with Crippen molar-refractivity contribution in [3.05, 3.63) is 89.2 Å². The van der Waals surface area contributed by atoms with Crippen molar-refractivity contribution in [1.82, 2.24) is 10.2 Å². The van der Waals surface area contributed by atoms with E-state index in [1.165, 1.54) is 11.6 Å². The van der Waals surface area contributed by atoms with Crippen LogP contribution in [-0.4, -0.2) is 16.1 Å². The van der Waals surface area contributed by atoms with Gasteiger partial charge in [-0.2, -0.15) is 5.10 Å². The summed E-state index contributed by atoms with van der Waals surface area (Å²) >= 11 is 0. The molecular weight excluding hydrogens is 369 g/mol. The number of halogens is 1. The Hall–Kier alpha value is -3.67. The number of benzene rings is 3. The first-order valence-corrected chi connectivity index (χ1v) is 9.38. The van der Waals surface area contributed by atoms with Crippen LogP contribution in [0, 0.1) is 5.82 Å². The molecule has 0 aliphatic carbocycles. The first kappa shape index (κ1) is 18.7. The molecule has 1 heterocycles. The van der Waals surface area contributed by atoms with Crippen LogP contribution < -0.4 is 10.1 Å². The number of H-pyrrole nitrogens is 1. The van der Waals surface area contributed by atoms with Crippen molar-refractivity contribution in [3.8, 4) is 5.75 Å². The molecule has 146 valence electrons. The summed E-state index contributed by atoms with van der Waals surface area (Å²) in [5.41, 5.74) is 2.97. The molecule has 6 heteroatoms. The number of hydrogen-bond donors (Lipinski definition) is 2. The summed E-state index contributed by atoms with van der Waals surface area (Å²) in [5.74, 6) is 0.434. The molecule has 29 heavy (non-hydrogen) atoms. The van der Waals surface area contributed by atoms with Gasteiger partial charge in [-0.25, -0.2) is 4.39 Å². The highest BCUT2D eigenvalue weighted by atomic mass is 19.1. The van der Waals surface area contributed by atoms with Crippen molar-refractivity contribution < 1.29 is 13.9 Å². The number of aromatic amines is 1. The lowest BCUT2D eigenvalue weighted by Crippen LogP contribution is -2.12. The molecule has 0 unspecified atom stereocenters. The highest BCUT2D eigenvalue weighted by Gasteiger charge is 2.12. The van der Waals surface area contributed by atoms with Crippen LogP contribution in [0.5, 0.6) is 5.75 Å². The molecule has 1 aromatic heterocycles. The molecule has 0 aliphatic rings. The van der Waals surface area contributed by atoms with E-state index in [2.05, 4.69) is 22.4 Å². The number of amides is 1. The Morgan fingerprint density at radius 1 is 1.10 bits per heavy atom. The average molecular weight is 389 g/mol. The first-order valence-electron chi connectivity index (χ1n) is 9.38. The zero-order valence-electron chi connectivity index (χ0n) is 15.9. The molecule has 0 atom stereocenters. The minimum absolute atomic E-state index is 0.113. The zero-order chi connectivity index (χ0) is 20.2. The number of nitrogens with zero attached hydrogens (tertiary/aromatic N) is 1. The molecule has 0 bridgehead atoms. The molecule has 2 N–H and O–H groups in total. The number of fused-ring (bicyclic) bond motifs is 1. The van der Waals surface area contributed by atoms with Crippen molar-refractivity contribution in [2.75, 3.05) is 5.32 Å². The third-order valence-corrected chi connectivity index (χ3v) is 4.74. The topological polar surface area (TPSA) is 67.0 Å². The van der Waals surface area contributed by atoms with Crippen LogP contribution in [0.2, 0.25) is 0 Å². The van der Waals surface area contributed by atoms with Crippen molar-refractivity contribution in [2.24, 2.45) is 0 Å². The third kappa shape index (κ3) is 4.11. The third-order valence-electron chi connectivity index (χ3n) is 4.74. The molecular formula is C23H20FN3O2. The largest absolute Gasteiger partial charge is 0.489 e. The summed E-state index contributed by atoms with van der Waals surface area (Å²) in [7, 11) is 0. The Labute approximate surface area is 167 Å². The molecule has 0 spiro atoms. The van der Waals surface area contributed by atoms with Crippen molar-refractivity contribution in [3.63, 3.8) is 0 Å². The number of anilines is 1. The predicted octanol–water partition coefficient (Wildman–Crippen LogP) is 5.10. The Kier molecular flexibility index (Phi) is 5.24. The number of hydrogen-bond acceptors (Lipinski definition) is 3. The first-order chi connectivity index (χ1) is 14.1. The summed E-state index contributed by atoms with van der Waals surface area (Å²) < 4.78 is 19.5. The van der Waals surface area contributed by atoms with Gasteiger partial charge in [0.1, 0.15) is 18.2 Å². The Bertz CT molecular complexity index is 1150. The van der Waals surface area contributed by atoms with Gasteiger partial charge in [-0.3, -0.25) is 9.89 Å². The maximum atomic E-state index is 13.8. The van der Waals surface area contributed by atoms with Gasteiger partial charge in [-0.15, -0.1) is 0 Å². The number of nitrogens with one attached hydrogen (secondary N) is 2. The van der Waals surface area contributed by atoms with Crippen LogP contribution in [0.3, 0.4) is 0 Å². The monoisotopic (exact) mass is 389 g/mol. The van der Waals surface area contributed by atoms with E-state index < -0.39 is 0 Å². The molecule has 4 aromatic rings. The van der Waals surface area contributed by atoms with Gasteiger partial charge in [0.15, 0.2) is 5.82 Å². The molecule has 0 saturated heterocycles. The molecule has 0 fully saturated rings. The molecule has 3 aromatic carbocycles. The summed E-state index contributed by atoms with van der Waals surface area (Å²) in [5, 5.41) is 10.6. The van der Waals surface area contributed by atoms with Gasteiger partial charge in [0.05, 0.1) is 5.52 Å². The lowest BCUT2D eigenvalue weighted by atomic mass is 10.1. The van der Waals surface area contributed by atoms with E-state index in [0.29, 0.717) is 22.7 Å². The number of aromatic nitrogens is 2. The highest BCUT2D eigenvalue weighted by molar-refractivity contribution is 6.08. The molecule has 0 aliphatic heterocycles. The number of carbonyl (C=O) groups is 1. The Morgan fingerprint density at radius 3 is 2.66 bits per heavy atom. The normalized spacial score (nSPS) is 10.8. The quantitative estimate of drug-likeness (QED) is 0.482. The van der Waals surface area contributed by atoms with Crippen LogP contribution in [0.25, 0.3) is 10.9 Å². The summed E-state index contributed by atoms with van der Waals surface area (Å²) in [6, 6.07) is 19.3. The van der Waals surface area contributed by atoms with Crippen LogP contribution in [0.15, 0.2) is 66.7 Å². The number of aryl methyl sites for hydroxylation is 1. The van der Waals surface area contributed by atoms with E-state index in [1.807, 2.05) is 18.2 Å². The Balaban J connectivity index is 1.52. The van der Waals surface area contributed by atoms with Crippen molar-refractivity contribution in [1.29, 1.82) is 0 Å². The lowest BCUT2D eigenvalue weighted by Gasteiger charge is -2.08. The SMILES string of the molecule is CCc1ccc(C(=O)Nc2n[nH]c3ccc(OCc4ccccc4F)cc23)cc1. The summed E-state index contributed by atoms with van der Waals surface area (Å²) in [6.07, 6.45) is 0.918. The second-order valence-corrected chi connectivity index (χ2v) is 6.66. The number of carbonyl (C=O) groups excluding carboxylic acids is 1. The zero-order valence-corrected chi connectivity index (χ0v) is 15.9. The van der Waals surface area contributed by atoms with E-state index in [1.54, 1.807) is 42.5 Å². The fourth-order valence-corrected chi connectivity index (χ4v) is 3.03. The van der Waals surface area contributed by atoms with Gasteiger partial charge in [-0.1, -0.05) is 37.3 Å². The van der Waals surface area contributed by atoms with E-state index in [0.717, 1.165) is 17.3 Å². The predicted molar refractivity (Wildman–Crippen MR) is 111 cm³/mol. The lowest BCUT2D eigenvalue weighted by molar-refractivity contribution is 0.102. The molecule has 1 amide bonds. The maximum absolute atomic E-state index is 13.8. The smallest absolute Gasteiger partial charge is 0.256 e. The second kappa shape index (κ2) is 8.14. The molecule has 5 nitrogen and oxygen atoms in total. The Morgan fingerprint density at radius 2 is 1.90 bits per heavy atom. The van der Waals surface area contributed by atoms with Gasteiger partial charge in [-0.05, 0) is 48.4 Å². The van der Waals surface area contributed by atoms with E-state index in [-0.39, 0.29) is 18.3 Å². The van der Waals surface area contributed by atoms with Gasteiger partial charge in [0, 0.05) is 16.5 Å². The van der Waals surface area contributed by atoms with E-state index >= 15 is 0 Å². The minimum Gasteiger partial charge on any atom is -0.489 e.